The minimum absolute atomic E-state index is 0.0680. The number of imide groups is 1. The van der Waals surface area contributed by atoms with Crippen LogP contribution in [0.15, 0.2) is 66.4 Å². The van der Waals surface area contributed by atoms with Crippen LogP contribution in [-0.4, -0.2) is 17.9 Å². The van der Waals surface area contributed by atoms with E-state index in [0.29, 0.717) is 16.9 Å². The van der Waals surface area contributed by atoms with Crippen molar-refractivity contribution in [3.8, 4) is 5.75 Å². The maximum atomic E-state index is 13.7. The standard InChI is InChI=1S/C29H30N2O3/c1-17(2)34-25-13-10-23(11-14-25)30-27-26(22-9-7-18(3)20(5)15-22)28(32)31(29(27)33)24-12-8-19(4)21(6)16-24/h7-17,30H,1-6H3. The molecule has 3 aromatic carbocycles. The zero-order valence-electron chi connectivity index (χ0n) is 20.5. The molecule has 0 aliphatic carbocycles. The van der Waals surface area contributed by atoms with E-state index in [-0.39, 0.29) is 23.6 Å². The van der Waals surface area contributed by atoms with Gasteiger partial charge in [-0.05, 0) is 106 Å². The van der Waals surface area contributed by atoms with Crippen molar-refractivity contribution in [1.29, 1.82) is 0 Å². The summed E-state index contributed by atoms with van der Waals surface area (Å²) >= 11 is 0. The van der Waals surface area contributed by atoms with Crippen LogP contribution in [-0.2, 0) is 9.59 Å². The van der Waals surface area contributed by atoms with Crippen molar-refractivity contribution in [3.05, 3.63) is 94.2 Å². The average Bonchev–Trinajstić information content (AvgIpc) is 3.02. The van der Waals surface area contributed by atoms with Gasteiger partial charge < -0.3 is 10.1 Å². The van der Waals surface area contributed by atoms with Gasteiger partial charge in [0.25, 0.3) is 11.8 Å². The molecule has 0 saturated heterocycles. The molecule has 1 aliphatic heterocycles. The fraction of sp³-hybridized carbons (Fsp3) is 0.241. The second-order valence-corrected chi connectivity index (χ2v) is 9.08. The fourth-order valence-corrected chi connectivity index (χ4v) is 3.94. The number of hydrogen-bond donors (Lipinski definition) is 1. The number of carbonyl (C=O) groups is 2. The zero-order chi connectivity index (χ0) is 24.6. The minimum Gasteiger partial charge on any atom is -0.491 e. The molecule has 1 N–H and O–H groups in total. The van der Waals surface area contributed by atoms with Gasteiger partial charge in [-0.3, -0.25) is 9.59 Å². The summed E-state index contributed by atoms with van der Waals surface area (Å²) in [5, 5.41) is 3.22. The second kappa shape index (κ2) is 9.18. The van der Waals surface area contributed by atoms with Crippen LogP contribution in [0.2, 0.25) is 0 Å². The Morgan fingerprint density at radius 3 is 1.94 bits per heavy atom. The van der Waals surface area contributed by atoms with Gasteiger partial charge in [-0.25, -0.2) is 4.90 Å². The van der Waals surface area contributed by atoms with Crippen molar-refractivity contribution in [2.24, 2.45) is 0 Å². The van der Waals surface area contributed by atoms with Gasteiger partial charge in [0.1, 0.15) is 11.4 Å². The minimum atomic E-state index is -0.371. The molecule has 0 bridgehead atoms. The highest BCUT2D eigenvalue weighted by atomic mass is 16.5. The van der Waals surface area contributed by atoms with Gasteiger partial charge in [-0.15, -0.1) is 0 Å². The summed E-state index contributed by atoms with van der Waals surface area (Å²) in [7, 11) is 0. The van der Waals surface area contributed by atoms with Crippen molar-refractivity contribution < 1.29 is 14.3 Å². The van der Waals surface area contributed by atoms with Gasteiger partial charge in [0.15, 0.2) is 0 Å². The average molecular weight is 455 g/mol. The first-order chi connectivity index (χ1) is 16.2. The molecule has 0 radical (unpaired) electrons. The number of ether oxygens (including phenoxy) is 1. The Bertz CT molecular complexity index is 1300. The van der Waals surface area contributed by atoms with Crippen LogP contribution in [0.5, 0.6) is 5.75 Å². The van der Waals surface area contributed by atoms with Crippen molar-refractivity contribution in [2.45, 2.75) is 47.6 Å². The smallest absolute Gasteiger partial charge is 0.282 e. The molecule has 5 nitrogen and oxygen atoms in total. The normalized spacial score (nSPS) is 13.8. The van der Waals surface area contributed by atoms with Crippen LogP contribution in [0.1, 0.15) is 41.7 Å². The molecule has 0 saturated carbocycles. The van der Waals surface area contributed by atoms with Crippen LogP contribution in [0.4, 0.5) is 11.4 Å². The number of nitrogens with zero attached hydrogens (tertiary/aromatic N) is 1. The van der Waals surface area contributed by atoms with Crippen LogP contribution >= 0.6 is 0 Å². The number of amides is 2. The molecule has 1 heterocycles. The Labute approximate surface area is 201 Å². The van der Waals surface area contributed by atoms with E-state index in [1.807, 2.05) is 102 Å². The Kier molecular flexibility index (Phi) is 6.29. The molecule has 2 amide bonds. The lowest BCUT2D eigenvalue weighted by Gasteiger charge is -2.17. The third kappa shape index (κ3) is 4.46. The number of aryl methyl sites for hydroxylation is 4. The summed E-state index contributed by atoms with van der Waals surface area (Å²) in [6, 6.07) is 18.8. The molecule has 0 fully saturated rings. The molecular weight excluding hydrogens is 424 g/mol. The Morgan fingerprint density at radius 1 is 0.735 bits per heavy atom. The lowest BCUT2D eigenvalue weighted by Crippen LogP contribution is -2.32. The lowest BCUT2D eigenvalue weighted by molar-refractivity contribution is -0.120. The van der Waals surface area contributed by atoms with Gasteiger partial charge in [-0.2, -0.15) is 0 Å². The monoisotopic (exact) mass is 454 g/mol. The second-order valence-electron chi connectivity index (χ2n) is 9.08. The highest BCUT2D eigenvalue weighted by Gasteiger charge is 2.40. The van der Waals surface area contributed by atoms with E-state index in [1.165, 1.54) is 4.90 Å². The summed E-state index contributed by atoms with van der Waals surface area (Å²) in [5.74, 6) is 0.0391. The van der Waals surface area contributed by atoms with Crippen molar-refractivity contribution >= 4 is 28.8 Å². The highest BCUT2D eigenvalue weighted by Crippen LogP contribution is 2.35. The summed E-state index contributed by atoms with van der Waals surface area (Å²) in [4.78, 5) is 28.6. The van der Waals surface area contributed by atoms with E-state index in [4.69, 9.17) is 4.74 Å². The molecule has 0 unspecified atom stereocenters. The van der Waals surface area contributed by atoms with E-state index < -0.39 is 0 Å². The number of anilines is 2. The molecular formula is C29H30N2O3. The molecule has 5 heteroatoms. The van der Waals surface area contributed by atoms with Crippen molar-refractivity contribution in [1.82, 2.24) is 0 Å². The van der Waals surface area contributed by atoms with Gasteiger partial charge in [0.05, 0.1) is 17.4 Å². The van der Waals surface area contributed by atoms with E-state index in [2.05, 4.69) is 5.32 Å². The van der Waals surface area contributed by atoms with Crippen molar-refractivity contribution in [2.75, 3.05) is 10.2 Å². The predicted octanol–water partition coefficient (Wildman–Crippen LogP) is 6.10. The first kappa shape index (κ1) is 23.3. The maximum absolute atomic E-state index is 13.7. The molecule has 34 heavy (non-hydrogen) atoms. The molecule has 174 valence electrons. The van der Waals surface area contributed by atoms with Crippen LogP contribution < -0.4 is 15.0 Å². The summed E-state index contributed by atoms with van der Waals surface area (Å²) in [6.07, 6.45) is 0.0680. The third-order valence-electron chi connectivity index (χ3n) is 6.12. The summed E-state index contributed by atoms with van der Waals surface area (Å²) < 4.78 is 5.72. The maximum Gasteiger partial charge on any atom is 0.282 e. The number of rotatable bonds is 6. The molecule has 0 atom stereocenters. The number of hydrogen-bond acceptors (Lipinski definition) is 4. The molecule has 0 aromatic heterocycles. The van der Waals surface area contributed by atoms with E-state index in [0.717, 1.165) is 33.6 Å². The SMILES string of the molecule is Cc1ccc(C2=C(Nc3ccc(OC(C)C)cc3)C(=O)N(c3ccc(C)c(C)c3)C2=O)cc1C. The zero-order valence-corrected chi connectivity index (χ0v) is 20.5. The van der Waals surface area contributed by atoms with Gasteiger partial charge in [0.2, 0.25) is 0 Å². The largest absolute Gasteiger partial charge is 0.491 e. The van der Waals surface area contributed by atoms with Gasteiger partial charge in [-0.1, -0.05) is 24.3 Å². The summed E-state index contributed by atoms with van der Waals surface area (Å²) in [5.41, 5.74) is 6.94. The lowest BCUT2D eigenvalue weighted by atomic mass is 9.99. The molecule has 1 aliphatic rings. The van der Waals surface area contributed by atoms with Gasteiger partial charge in [0, 0.05) is 5.69 Å². The fourth-order valence-electron chi connectivity index (χ4n) is 3.94. The van der Waals surface area contributed by atoms with E-state index in [1.54, 1.807) is 0 Å². The number of nitrogens with one attached hydrogen (secondary N) is 1. The Hall–Kier alpha value is -3.86. The predicted molar refractivity (Wildman–Crippen MR) is 137 cm³/mol. The summed E-state index contributed by atoms with van der Waals surface area (Å²) in [6.45, 7) is 11.9. The van der Waals surface area contributed by atoms with Crippen LogP contribution in [0.3, 0.4) is 0 Å². The third-order valence-corrected chi connectivity index (χ3v) is 6.12. The topological polar surface area (TPSA) is 58.6 Å². The first-order valence-corrected chi connectivity index (χ1v) is 11.5. The van der Waals surface area contributed by atoms with E-state index >= 15 is 0 Å². The van der Waals surface area contributed by atoms with Crippen LogP contribution in [0.25, 0.3) is 5.57 Å². The number of benzene rings is 3. The Morgan fingerprint density at radius 2 is 1.35 bits per heavy atom. The Balaban J connectivity index is 1.77. The molecule has 4 rings (SSSR count). The first-order valence-electron chi connectivity index (χ1n) is 11.5. The van der Waals surface area contributed by atoms with Crippen LogP contribution in [0, 0.1) is 27.7 Å². The molecule has 3 aromatic rings. The van der Waals surface area contributed by atoms with E-state index in [9.17, 15) is 9.59 Å². The highest BCUT2D eigenvalue weighted by molar-refractivity contribution is 6.46. The van der Waals surface area contributed by atoms with Gasteiger partial charge >= 0.3 is 0 Å². The number of carbonyl (C=O) groups excluding carboxylic acids is 2. The molecule has 0 spiro atoms. The van der Waals surface area contributed by atoms with Crippen molar-refractivity contribution in [3.63, 3.8) is 0 Å². The quantitative estimate of drug-likeness (QED) is 0.457.